The Morgan fingerprint density at radius 2 is 1.95 bits per heavy atom. The van der Waals surface area contributed by atoms with E-state index in [1.54, 1.807) is 44.7 Å². The second-order valence-corrected chi connectivity index (χ2v) is 9.97. The van der Waals surface area contributed by atoms with Gasteiger partial charge in [0.15, 0.2) is 5.65 Å². The molecule has 10 nitrogen and oxygen atoms in total. The summed E-state index contributed by atoms with van der Waals surface area (Å²) in [6.45, 7) is 7.84. The molecule has 4 rings (SSSR count). The highest BCUT2D eigenvalue weighted by molar-refractivity contribution is 5.73. The van der Waals surface area contributed by atoms with Gasteiger partial charge in [0.25, 0.3) is 5.69 Å². The van der Waals surface area contributed by atoms with E-state index in [1.165, 1.54) is 10.7 Å². The molecule has 1 aliphatic rings. The highest BCUT2D eigenvalue weighted by Crippen LogP contribution is 2.35. The number of nitrogens with one attached hydrogen (secondary N) is 1. The number of hydrogen-bond donors (Lipinski definition) is 1. The van der Waals surface area contributed by atoms with E-state index in [2.05, 4.69) is 15.4 Å². The number of nitro benzene ring substituents is 1. The lowest BCUT2D eigenvalue weighted by Gasteiger charge is -2.29. The molecule has 1 aromatic carbocycles. The van der Waals surface area contributed by atoms with Crippen molar-refractivity contribution in [3.8, 4) is 0 Å². The number of halogens is 3. The Morgan fingerprint density at radius 1 is 1.21 bits per heavy atom. The normalized spacial score (nSPS) is 15.2. The number of carbonyl (C=O) groups is 1. The first-order valence-electron chi connectivity index (χ1n) is 11.9. The van der Waals surface area contributed by atoms with Crippen LogP contribution in [0.15, 0.2) is 42.6 Å². The number of nitro groups is 1. The second kappa shape index (κ2) is 9.95. The highest BCUT2D eigenvalue weighted by Gasteiger charge is 2.33. The van der Waals surface area contributed by atoms with E-state index in [-0.39, 0.29) is 11.7 Å². The summed E-state index contributed by atoms with van der Waals surface area (Å²) in [5, 5.41) is 18.9. The van der Waals surface area contributed by atoms with Crippen molar-refractivity contribution in [2.24, 2.45) is 0 Å². The largest absolute Gasteiger partial charge is 0.444 e. The molecule has 13 heteroatoms. The van der Waals surface area contributed by atoms with E-state index in [0.717, 1.165) is 17.7 Å². The SMILES string of the molecule is C[C@@H](Nc1ccnc2cc(C3=CCN(C(=O)OC(C)(C)C)CC3)nn12)c1cc([N+](=O)[O-])cc(C(F)(F)F)c1. The van der Waals surface area contributed by atoms with E-state index in [0.29, 0.717) is 42.7 Å². The first-order chi connectivity index (χ1) is 17.7. The van der Waals surface area contributed by atoms with Crippen LogP contribution >= 0.6 is 0 Å². The van der Waals surface area contributed by atoms with Gasteiger partial charge < -0.3 is 15.0 Å². The number of hydrogen-bond acceptors (Lipinski definition) is 7. The molecular formula is C25H27F3N6O4. The van der Waals surface area contributed by atoms with Gasteiger partial charge >= 0.3 is 12.3 Å². The van der Waals surface area contributed by atoms with Gasteiger partial charge in [0, 0.05) is 37.5 Å². The standard InChI is InChI=1S/C25H27F3N6O4/c1-15(17-11-18(25(26,27)28)13-19(12-17)34(36)37)30-21-5-8-29-22-14-20(31-33(21)22)16-6-9-32(10-7-16)23(35)38-24(2,3)4/h5-6,8,11-15,30H,7,9-10H2,1-4H3/t15-/m1/s1. The fourth-order valence-corrected chi connectivity index (χ4v) is 4.01. The minimum atomic E-state index is -4.73. The quantitative estimate of drug-likeness (QED) is 0.324. The van der Waals surface area contributed by atoms with Crippen LogP contribution in [-0.2, 0) is 10.9 Å². The first kappa shape index (κ1) is 26.9. The summed E-state index contributed by atoms with van der Waals surface area (Å²) in [5.41, 5.74) is -0.159. The molecule has 202 valence electrons. The van der Waals surface area contributed by atoms with Crippen LogP contribution in [0, 0.1) is 10.1 Å². The van der Waals surface area contributed by atoms with E-state index in [9.17, 15) is 28.1 Å². The summed E-state index contributed by atoms with van der Waals surface area (Å²) in [6, 6.07) is 5.19. The maximum atomic E-state index is 13.3. The fraction of sp³-hybridized carbons (Fsp3) is 0.400. The van der Waals surface area contributed by atoms with Gasteiger partial charge in [0.1, 0.15) is 11.4 Å². The van der Waals surface area contributed by atoms with Crippen LogP contribution in [0.5, 0.6) is 0 Å². The Hall–Kier alpha value is -4.16. The molecule has 38 heavy (non-hydrogen) atoms. The Labute approximate surface area is 216 Å². The zero-order valence-corrected chi connectivity index (χ0v) is 21.2. The number of non-ortho nitro benzene ring substituents is 1. The number of fused-ring (bicyclic) bond motifs is 1. The Morgan fingerprint density at radius 3 is 2.55 bits per heavy atom. The molecular weight excluding hydrogens is 505 g/mol. The Kier molecular flexibility index (Phi) is 7.04. The molecule has 3 heterocycles. The zero-order chi connectivity index (χ0) is 27.8. The van der Waals surface area contributed by atoms with E-state index in [4.69, 9.17) is 4.74 Å². The average Bonchev–Trinajstić information content (AvgIpc) is 3.27. The van der Waals surface area contributed by atoms with E-state index in [1.807, 2.05) is 6.08 Å². The highest BCUT2D eigenvalue weighted by atomic mass is 19.4. The van der Waals surface area contributed by atoms with E-state index >= 15 is 0 Å². The van der Waals surface area contributed by atoms with Crippen LogP contribution in [0.2, 0.25) is 0 Å². The molecule has 0 spiro atoms. The topological polar surface area (TPSA) is 115 Å². The number of aromatic nitrogens is 3. The molecule has 0 fully saturated rings. The molecule has 1 amide bonds. The molecule has 0 bridgehead atoms. The van der Waals surface area contributed by atoms with Crippen molar-refractivity contribution in [1.29, 1.82) is 0 Å². The molecule has 0 radical (unpaired) electrons. The Balaban J connectivity index is 1.57. The van der Waals surface area contributed by atoms with Gasteiger partial charge in [-0.15, -0.1) is 0 Å². The lowest BCUT2D eigenvalue weighted by Crippen LogP contribution is -2.39. The van der Waals surface area contributed by atoms with Crippen LogP contribution in [0.4, 0.5) is 29.5 Å². The number of rotatable bonds is 5. The number of nitrogens with zero attached hydrogens (tertiary/aromatic N) is 5. The third kappa shape index (κ3) is 6.03. The van der Waals surface area contributed by atoms with Gasteiger partial charge in [0.2, 0.25) is 0 Å². The van der Waals surface area contributed by atoms with E-state index < -0.39 is 34.0 Å². The van der Waals surface area contributed by atoms with Crippen LogP contribution in [0.25, 0.3) is 11.2 Å². The van der Waals surface area contributed by atoms with Gasteiger partial charge in [-0.2, -0.15) is 22.8 Å². The van der Waals surface area contributed by atoms with Gasteiger partial charge in [-0.05, 0) is 57.4 Å². The fourth-order valence-electron chi connectivity index (χ4n) is 4.01. The Bertz CT molecular complexity index is 1410. The summed E-state index contributed by atoms with van der Waals surface area (Å²) in [5.74, 6) is 0.445. The lowest BCUT2D eigenvalue weighted by molar-refractivity contribution is -0.385. The minimum absolute atomic E-state index is 0.0982. The monoisotopic (exact) mass is 532 g/mol. The van der Waals surface area contributed by atoms with Crippen LogP contribution in [0.3, 0.4) is 0 Å². The maximum absolute atomic E-state index is 13.3. The van der Waals surface area contributed by atoms with Crippen molar-refractivity contribution in [3.63, 3.8) is 0 Å². The molecule has 3 aromatic rings. The van der Waals surface area contributed by atoms with Gasteiger partial charge in [-0.1, -0.05) is 6.08 Å². The van der Waals surface area contributed by atoms with Crippen LogP contribution in [-0.4, -0.2) is 49.2 Å². The number of anilines is 1. The molecule has 1 atom stereocenters. The predicted molar refractivity (Wildman–Crippen MR) is 134 cm³/mol. The number of amides is 1. The summed E-state index contributed by atoms with van der Waals surface area (Å²) >= 11 is 0. The van der Waals surface area contributed by atoms with Crippen molar-refractivity contribution in [1.82, 2.24) is 19.5 Å². The molecule has 0 aliphatic carbocycles. The summed E-state index contributed by atoms with van der Waals surface area (Å²) in [6.07, 6.45) is -1.14. The van der Waals surface area contributed by atoms with Crippen molar-refractivity contribution in [3.05, 3.63) is 69.5 Å². The number of alkyl halides is 3. The molecule has 0 saturated heterocycles. The second-order valence-electron chi connectivity index (χ2n) is 9.97. The number of carbonyl (C=O) groups excluding carboxylic acids is 1. The van der Waals surface area contributed by atoms with Gasteiger partial charge in [-0.3, -0.25) is 10.1 Å². The predicted octanol–water partition coefficient (Wildman–Crippen LogP) is 5.85. The summed E-state index contributed by atoms with van der Waals surface area (Å²) in [4.78, 5) is 28.6. The number of benzene rings is 1. The van der Waals surface area contributed by atoms with Crippen molar-refractivity contribution >= 4 is 28.8 Å². The van der Waals surface area contributed by atoms with Gasteiger partial charge in [0.05, 0.1) is 22.2 Å². The maximum Gasteiger partial charge on any atom is 0.416 e. The van der Waals surface area contributed by atoms with Crippen molar-refractivity contribution < 1.29 is 27.6 Å². The van der Waals surface area contributed by atoms with Crippen LogP contribution < -0.4 is 5.32 Å². The van der Waals surface area contributed by atoms with Crippen molar-refractivity contribution in [2.45, 2.75) is 51.9 Å². The van der Waals surface area contributed by atoms with Crippen molar-refractivity contribution in [2.75, 3.05) is 18.4 Å². The summed E-state index contributed by atoms with van der Waals surface area (Å²) in [7, 11) is 0. The first-order valence-corrected chi connectivity index (χ1v) is 11.9. The third-order valence-electron chi connectivity index (χ3n) is 5.89. The average molecular weight is 533 g/mol. The third-order valence-corrected chi connectivity index (χ3v) is 5.89. The smallest absolute Gasteiger partial charge is 0.416 e. The molecule has 2 aromatic heterocycles. The number of ether oxygens (including phenoxy) is 1. The molecule has 0 saturated carbocycles. The lowest BCUT2D eigenvalue weighted by atomic mass is 10.0. The van der Waals surface area contributed by atoms with Gasteiger partial charge in [-0.25, -0.2) is 9.78 Å². The molecule has 0 unspecified atom stereocenters. The zero-order valence-electron chi connectivity index (χ0n) is 21.2. The molecule has 1 aliphatic heterocycles. The van der Waals surface area contributed by atoms with Crippen LogP contribution in [0.1, 0.15) is 57.0 Å². The molecule has 1 N–H and O–H groups in total. The minimum Gasteiger partial charge on any atom is -0.444 e. The summed E-state index contributed by atoms with van der Waals surface area (Å²) < 4.78 is 46.9.